The lowest BCUT2D eigenvalue weighted by Gasteiger charge is -2.15. The van der Waals surface area contributed by atoms with Gasteiger partial charge >= 0.3 is 0 Å². The first-order valence-corrected chi connectivity index (χ1v) is 8.01. The molecule has 26 heavy (non-hydrogen) atoms. The van der Waals surface area contributed by atoms with Crippen LogP contribution in [0.2, 0.25) is 5.02 Å². The summed E-state index contributed by atoms with van der Waals surface area (Å²) in [6.45, 7) is 1.35. The van der Waals surface area contributed by atoms with Crippen LogP contribution in [0.4, 0.5) is 0 Å². The number of hydrogen-bond acceptors (Lipinski definition) is 5. The number of carbonyl (C=O) groups excluding carboxylic acids is 1. The molecule has 6 nitrogen and oxygen atoms in total. The van der Waals surface area contributed by atoms with Gasteiger partial charge in [0.2, 0.25) is 11.7 Å². The molecule has 3 rings (SSSR count). The zero-order valence-corrected chi connectivity index (χ0v) is 14.4. The fourth-order valence-corrected chi connectivity index (χ4v) is 2.89. The average molecular weight is 369 g/mol. The van der Waals surface area contributed by atoms with Crippen LogP contribution < -0.4 is 5.56 Å². The van der Waals surface area contributed by atoms with Crippen LogP contribution in [-0.4, -0.2) is 15.5 Å². The summed E-state index contributed by atoms with van der Waals surface area (Å²) in [5.41, 5.74) is -0.395. The molecule has 0 amide bonds. The van der Waals surface area contributed by atoms with Gasteiger partial charge in [0.1, 0.15) is 11.6 Å². The number of pyridine rings is 1. The lowest BCUT2D eigenvalue weighted by molar-refractivity contribution is 0.100. The van der Waals surface area contributed by atoms with Gasteiger partial charge in [0.05, 0.1) is 18.4 Å². The van der Waals surface area contributed by atoms with Gasteiger partial charge in [-0.05, 0) is 36.2 Å². The first-order valence-electron chi connectivity index (χ1n) is 7.63. The molecule has 7 heteroatoms. The molecule has 0 bridgehead atoms. The smallest absolute Gasteiger partial charge is 0.271 e. The first kappa shape index (κ1) is 17.5. The van der Waals surface area contributed by atoms with E-state index in [0.29, 0.717) is 10.6 Å². The van der Waals surface area contributed by atoms with Gasteiger partial charge in [-0.25, -0.2) is 0 Å². The Morgan fingerprint density at radius 1 is 1.31 bits per heavy atom. The molecule has 0 radical (unpaired) electrons. The molecular weight excluding hydrogens is 356 g/mol. The first-order chi connectivity index (χ1) is 12.5. The second-order valence-corrected chi connectivity index (χ2v) is 6.01. The van der Waals surface area contributed by atoms with Crippen LogP contribution in [0.3, 0.4) is 0 Å². The van der Waals surface area contributed by atoms with Crippen LogP contribution in [-0.2, 0) is 6.54 Å². The van der Waals surface area contributed by atoms with Crippen molar-refractivity contribution in [1.29, 1.82) is 5.26 Å². The molecule has 3 aromatic rings. The van der Waals surface area contributed by atoms with E-state index in [1.54, 1.807) is 24.3 Å². The molecule has 1 N–H and O–H groups in total. The number of rotatable bonds is 4. The Hall–Kier alpha value is -3.30. The minimum Gasteiger partial charge on any atom is -0.494 e. The molecule has 0 aliphatic rings. The van der Waals surface area contributed by atoms with Crippen LogP contribution >= 0.6 is 11.6 Å². The molecule has 0 spiro atoms. The van der Waals surface area contributed by atoms with Crippen molar-refractivity contribution in [2.24, 2.45) is 0 Å². The molecule has 0 fully saturated rings. The lowest BCUT2D eigenvalue weighted by Crippen LogP contribution is -2.27. The number of halogens is 1. The maximum Gasteiger partial charge on any atom is 0.271 e. The number of hydrogen-bond donors (Lipinski definition) is 1. The summed E-state index contributed by atoms with van der Waals surface area (Å²) in [7, 11) is 0. The molecule has 0 aliphatic carbocycles. The van der Waals surface area contributed by atoms with E-state index in [0.717, 1.165) is 4.57 Å². The minimum atomic E-state index is -0.696. The molecular formula is C19H13ClN2O4. The van der Waals surface area contributed by atoms with Crippen molar-refractivity contribution in [2.45, 2.75) is 13.5 Å². The predicted molar refractivity (Wildman–Crippen MR) is 94.5 cm³/mol. The maximum absolute atomic E-state index is 12.7. The van der Waals surface area contributed by atoms with Crippen LogP contribution in [0.5, 0.6) is 5.88 Å². The van der Waals surface area contributed by atoms with E-state index >= 15 is 0 Å². The van der Waals surface area contributed by atoms with Crippen molar-refractivity contribution in [1.82, 2.24) is 4.57 Å². The maximum atomic E-state index is 12.7. The van der Waals surface area contributed by atoms with E-state index in [2.05, 4.69) is 0 Å². The second kappa shape index (κ2) is 6.90. The monoisotopic (exact) mass is 368 g/mol. The third-order valence-corrected chi connectivity index (χ3v) is 4.43. The highest BCUT2D eigenvalue weighted by Gasteiger charge is 2.26. The SMILES string of the molecule is Cc1c(C(=O)c2ccco2)c(O)n(Cc2ccccc2Cl)c(=O)c1C#N. The van der Waals surface area contributed by atoms with Crippen molar-refractivity contribution in [3.05, 3.63) is 86.1 Å². The highest BCUT2D eigenvalue weighted by atomic mass is 35.5. The minimum absolute atomic E-state index is 0.00441. The van der Waals surface area contributed by atoms with Gasteiger partial charge in [-0.3, -0.25) is 14.2 Å². The molecule has 2 aromatic heterocycles. The number of ketones is 1. The van der Waals surface area contributed by atoms with Gasteiger partial charge in [0.25, 0.3) is 5.56 Å². The number of aromatic hydroxyl groups is 1. The largest absolute Gasteiger partial charge is 0.494 e. The standard InChI is InChI=1S/C19H13ClN2O4/c1-11-13(9-21)18(24)22(10-12-5-2-3-6-14(12)20)19(25)16(11)17(23)15-7-4-8-26-15/h2-8,25H,10H2,1H3. The second-order valence-electron chi connectivity index (χ2n) is 5.60. The zero-order chi connectivity index (χ0) is 18.8. The Balaban J connectivity index is 2.24. The Morgan fingerprint density at radius 2 is 2.04 bits per heavy atom. The van der Waals surface area contributed by atoms with Crippen molar-refractivity contribution in [2.75, 3.05) is 0 Å². The Morgan fingerprint density at radius 3 is 2.65 bits per heavy atom. The summed E-state index contributed by atoms with van der Waals surface area (Å²) in [6.07, 6.45) is 1.32. The highest BCUT2D eigenvalue weighted by molar-refractivity contribution is 6.31. The number of nitriles is 1. The fourth-order valence-electron chi connectivity index (χ4n) is 2.70. The molecule has 130 valence electrons. The van der Waals surface area contributed by atoms with Gasteiger partial charge < -0.3 is 9.52 Å². The van der Waals surface area contributed by atoms with Gasteiger partial charge in [0.15, 0.2) is 5.76 Å². The molecule has 0 aliphatic heterocycles. The van der Waals surface area contributed by atoms with E-state index in [1.807, 2.05) is 6.07 Å². The molecule has 0 saturated heterocycles. The lowest BCUT2D eigenvalue weighted by atomic mass is 10.00. The van der Waals surface area contributed by atoms with Crippen molar-refractivity contribution in [3.8, 4) is 11.9 Å². The topological polar surface area (TPSA) is 96.2 Å². The number of nitrogens with zero attached hydrogens (tertiary/aromatic N) is 2. The number of aromatic nitrogens is 1. The molecule has 0 saturated carbocycles. The summed E-state index contributed by atoms with van der Waals surface area (Å²) in [4.78, 5) is 25.3. The molecule has 2 heterocycles. The third-order valence-electron chi connectivity index (χ3n) is 4.06. The van der Waals surface area contributed by atoms with Gasteiger partial charge in [-0.1, -0.05) is 29.8 Å². The molecule has 0 unspecified atom stereocenters. The van der Waals surface area contributed by atoms with Crippen molar-refractivity contribution < 1.29 is 14.3 Å². The fraction of sp³-hybridized carbons (Fsp3) is 0.105. The number of furan rings is 1. The third kappa shape index (κ3) is 2.89. The van der Waals surface area contributed by atoms with Crippen LogP contribution in [0, 0.1) is 18.3 Å². The van der Waals surface area contributed by atoms with E-state index in [9.17, 15) is 20.0 Å². The number of carbonyl (C=O) groups is 1. The van der Waals surface area contributed by atoms with E-state index < -0.39 is 17.2 Å². The Kier molecular flexibility index (Phi) is 4.65. The Bertz CT molecular complexity index is 1090. The van der Waals surface area contributed by atoms with E-state index in [1.165, 1.54) is 25.3 Å². The van der Waals surface area contributed by atoms with Gasteiger partial charge in [0, 0.05) is 5.02 Å². The van der Waals surface area contributed by atoms with Gasteiger partial charge in [-0.2, -0.15) is 5.26 Å². The van der Waals surface area contributed by atoms with Crippen LogP contribution in [0.25, 0.3) is 0 Å². The van der Waals surface area contributed by atoms with E-state index in [4.69, 9.17) is 16.0 Å². The van der Waals surface area contributed by atoms with Crippen molar-refractivity contribution in [3.63, 3.8) is 0 Å². The normalized spacial score (nSPS) is 10.5. The molecule has 0 atom stereocenters. The molecule has 1 aromatic carbocycles. The average Bonchev–Trinajstić information content (AvgIpc) is 3.15. The van der Waals surface area contributed by atoms with Gasteiger partial charge in [-0.15, -0.1) is 0 Å². The van der Waals surface area contributed by atoms with Crippen LogP contribution in [0.15, 0.2) is 51.9 Å². The summed E-state index contributed by atoms with van der Waals surface area (Å²) >= 11 is 6.12. The summed E-state index contributed by atoms with van der Waals surface area (Å²) in [6, 6.07) is 11.6. The summed E-state index contributed by atoms with van der Waals surface area (Å²) in [5.74, 6) is -1.16. The van der Waals surface area contributed by atoms with Crippen LogP contribution in [0.1, 0.15) is 32.8 Å². The highest BCUT2D eigenvalue weighted by Crippen LogP contribution is 2.26. The summed E-state index contributed by atoms with van der Waals surface area (Å²) < 4.78 is 6.05. The Labute approximate surface area is 153 Å². The van der Waals surface area contributed by atoms with E-state index in [-0.39, 0.29) is 29.0 Å². The van der Waals surface area contributed by atoms with Crippen molar-refractivity contribution >= 4 is 17.4 Å². The quantitative estimate of drug-likeness (QED) is 0.713. The zero-order valence-electron chi connectivity index (χ0n) is 13.7. The summed E-state index contributed by atoms with van der Waals surface area (Å²) in [5, 5.41) is 20.4. The number of benzene rings is 1. The predicted octanol–water partition coefficient (Wildman–Crippen LogP) is 3.26.